The molecule has 4 rings (SSSR count). The van der Waals surface area contributed by atoms with Crippen molar-refractivity contribution >= 4 is 11.4 Å². The lowest BCUT2D eigenvalue weighted by molar-refractivity contribution is -0.139. The van der Waals surface area contributed by atoms with E-state index in [1.807, 2.05) is 0 Å². The van der Waals surface area contributed by atoms with E-state index >= 15 is 0 Å². The zero-order valence-electron chi connectivity index (χ0n) is 19.1. The third kappa shape index (κ3) is 5.64. The first-order chi connectivity index (χ1) is 17.7. The maximum absolute atomic E-state index is 14.0. The molecule has 0 aromatic heterocycles. The van der Waals surface area contributed by atoms with Crippen LogP contribution in [-0.4, -0.2) is 10.2 Å². The van der Waals surface area contributed by atoms with E-state index in [0.29, 0.717) is 12.1 Å². The minimum atomic E-state index is -5.04. The summed E-state index contributed by atoms with van der Waals surface area (Å²) in [7, 11) is 0. The van der Waals surface area contributed by atoms with E-state index in [1.54, 1.807) is 0 Å². The maximum atomic E-state index is 14.0. The molecule has 12 heteroatoms. The highest BCUT2D eigenvalue weighted by atomic mass is 19.4. The van der Waals surface area contributed by atoms with Crippen molar-refractivity contribution in [3.05, 3.63) is 83.9 Å². The Hall–Kier alpha value is -4.74. The molecule has 6 nitrogen and oxygen atoms in total. The van der Waals surface area contributed by atoms with Gasteiger partial charge in [0.25, 0.3) is 0 Å². The molecule has 4 aromatic carbocycles. The molecule has 0 saturated carbocycles. The van der Waals surface area contributed by atoms with Crippen molar-refractivity contribution < 1.29 is 46.0 Å². The molecule has 6 N–H and O–H groups in total. The van der Waals surface area contributed by atoms with Crippen LogP contribution >= 0.6 is 0 Å². The van der Waals surface area contributed by atoms with Gasteiger partial charge in [-0.05, 0) is 59.7 Å². The van der Waals surface area contributed by atoms with Crippen LogP contribution in [0.4, 0.5) is 37.7 Å². The molecule has 0 aliphatic heterocycles. The number of benzene rings is 4. The van der Waals surface area contributed by atoms with Gasteiger partial charge in [-0.25, -0.2) is 0 Å². The van der Waals surface area contributed by atoms with E-state index in [0.717, 1.165) is 36.4 Å². The van der Waals surface area contributed by atoms with Gasteiger partial charge >= 0.3 is 12.4 Å². The lowest BCUT2D eigenvalue weighted by Gasteiger charge is -2.19. The number of hydrogen-bond donors (Lipinski definition) is 4. The van der Waals surface area contributed by atoms with Gasteiger partial charge in [-0.2, -0.15) is 26.3 Å². The van der Waals surface area contributed by atoms with Gasteiger partial charge in [0.2, 0.25) is 0 Å². The van der Waals surface area contributed by atoms with Gasteiger partial charge in [-0.3, -0.25) is 0 Å². The van der Waals surface area contributed by atoms with Crippen LogP contribution in [0, 0.1) is 0 Å². The van der Waals surface area contributed by atoms with Crippen molar-refractivity contribution in [2.45, 2.75) is 12.4 Å². The summed E-state index contributed by atoms with van der Waals surface area (Å²) in [6.07, 6.45) is -10.1. The van der Waals surface area contributed by atoms with Gasteiger partial charge in [0.1, 0.15) is 34.5 Å². The van der Waals surface area contributed by atoms with Crippen LogP contribution in [0.2, 0.25) is 0 Å². The van der Waals surface area contributed by atoms with Gasteiger partial charge in [-0.15, -0.1) is 0 Å². The van der Waals surface area contributed by atoms with Crippen molar-refractivity contribution in [1.29, 1.82) is 0 Å². The van der Waals surface area contributed by atoms with Crippen molar-refractivity contribution in [3.63, 3.8) is 0 Å². The van der Waals surface area contributed by atoms with Gasteiger partial charge in [0.15, 0.2) is 0 Å². The van der Waals surface area contributed by atoms with Crippen LogP contribution in [0.25, 0.3) is 11.1 Å². The monoisotopic (exact) mass is 536 g/mol. The summed E-state index contributed by atoms with van der Waals surface area (Å²) in [5.41, 5.74) is 6.78. The van der Waals surface area contributed by atoms with Crippen LogP contribution in [-0.2, 0) is 12.4 Å². The summed E-state index contributed by atoms with van der Waals surface area (Å²) in [6.45, 7) is 0. The summed E-state index contributed by atoms with van der Waals surface area (Å²) in [5, 5.41) is 19.4. The number of phenolic OH excluding ortho intramolecular Hbond substituents is 2. The van der Waals surface area contributed by atoms with E-state index in [-0.39, 0.29) is 45.9 Å². The summed E-state index contributed by atoms with van der Waals surface area (Å²) >= 11 is 0. The Morgan fingerprint density at radius 2 is 0.816 bits per heavy atom. The quantitative estimate of drug-likeness (QED) is 0.119. The standard InChI is InChI=1S/C26H18F6N2O4/c27-25(28,29)19-9-13(37-15-3-7-21(33)23(35)11-15)1-5-17(19)18-6-2-14(10-20(18)26(30,31)32)38-16-4-8-22(34)24(36)12-16/h1-12,35-36H,33-34H2. The van der Waals surface area contributed by atoms with Crippen LogP contribution in [0.15, 0.2) is 72.8 Å². The molecule has 0 heterocycles. The number of phenols is 2. The van der Waals surface area contributed by atoms with E-state index in [9.17, 15) is 36.6 Å². The fraction of sp³-hybridized carbons (Fsp3) is 0.0769. The topological polar surface area (TPSA) is 111 Å². The molecule has 38 heavy (non-hydrogen) atoms. The number of halogens is 6. The molecular weight excluding hydrogens is 518 g/mol. The number of nitrogens with two attached hydrogens (primary N) is 2. The second-order valence-electron chi connectivity index (χ2n) is 8.06. The third-order valence-electron chi connectivity index (χ3n) is 5.36. The average molecular weight is 536 g/mol. The fourth-order valence-electron chi connectivity index (χ4n) is 3.56. The molecule has 0 unspecified atom stereocenters. The van der Waals surface area contributed by atoms with Crippen LogP contribution < -0.4 is 20.9 Å². The SMILES string of the molecule is Nc1ccc(Oc2ccc(-c3ccc(Oc4ccc(N)c(O)c4)cc3C(F)(F)F)c(C(F)(F)F)c2)cc1O. The van der Waals surface area contributed by atoms with E-state index in [1.165, 1.54) is 24.3 Å². The summed E-state index contributed by atoms with van der Waals surface area (Å²) in [4.78, 5) is 0. The van der Waals surface area contributed by atoms with Gasteiger partial charge in [-0.1, -0.05) is 12.1 Å². The molecule has 0 atom stereocenters. The zero-order chi connectivity index (χ0) is 27.8. The molecule has 0 amide bonds. The lowest BCUT2D eigenvalue weighted by atomic mass is 9.94. The summed E-state index contributed by atoms with van der Waals surface area (Å²) < 4.78 is 94.6. The fourth-order valence-corrected chi connectivity index (χ4v) is 3.56. The highest BCUT2D eigenvalue weighted by Gasteiger charge is 2.39. The first-order valence-electron chi connectivity index (χ1n) is 10.7. The van der Waals surface area contributed by atoms with E-state index in [2.05, 4.69) is 0 Å². The van der Waals surface area contributed by atoms with E-state index < -0.39 is 34.6 Å². The molecule has 0 aliphatic rings. The number of rotatable bonds is 5. The van der Waals surface area contributed by atoms with Crippen molar-refractivity contribution in [1.82, 2.24) is 0 Å². The van der Waals surface area contributed by atoms with Crippen LogP contribution in [0.1, 0.15) is 11.1 Å². The number of hydrogen-bond acceptors (Lipinski definition) is 6. The Labute approximate surface area is 211 Å². The Morgan fingerprint density at radius 3 is 1.13 bits per heavy atom. The predicted octanol–water partition coefficient (Wildman–Crippen LogP) is 7.55. The van der Waals surface area contributed by atoms with E-state index in [4.69, 9.17) is 20.9 Å². The number of alkyl halides is 6. The average Bonchev–Trinajstić information content (AvgIpc) is 2.83. The first-order valence-corrected chi connectivity index (χ1v) is 10.7. The van der Waals surface area contributed by atoms with Crippen LogP contribution in [0.5, 0.6) is 34.5 Å². The summed E-state index contributed by atoms with van der Waals surface area (Å²) in [6, 6.07) is 12.3. The van der Waals surface area contributed by atoms with Gasteiger partial charge in [0.05, 0.1) is 22.5 Å². The minimum absolute atomic E-state index is 0.0176. The molecule has 0 aliphatic carbocycles. The number of aromatic hydroxyl groups is 2. The minimum Gasteiger partial charge on any atom is -0.506 e. The number of nitrogen functional groups attached to an aromatic ring is 2. The molecule has 0 saturated heterocycles. The lowest BCUT2D eigenvalue weighted by Crippen LogP contribution is -2.11. The maximum Gasteiger partial charge on any atom is 0.417 e. The van der Waals surface area contributed by atoms with Gasteiger partial charge in [0, 0.05) is 12.1 Å². The predicted molar refractivity (Wildman–Crippen MR) is 127 cm³/mol. The summed E-state index contributed by atoms with van der Waals surface area (Å²) in [5.74, 6) is -1.46. The molecule has 0 bridgehead atoms. The van der Waals surface area contributed by atoms with Crippen molar-refractivity contribution in [2.24, 2.45) is 0 Å². The third-order valence-corrected chi connectivity index (χ3v) is 5.36. The molecule has 0 fully saturated rings. The largest absolute Gasteiger partial charge is 0.506 e. The molecule has 0 radical (unpaired) electrons. The second kappa shape index (κ2) is 9.61. The Bertz CT molecular complexity index is 1390. The Balaban J connectivity index is 1.77. The molecule has 4 aromatic rings. The van der Waals surface area contributed by atoms with Crippen LogP contribution in [0.3, 0.4) is 0 Å². The normalized spacial score (nSPS) is 11.8. The first kappa shape index (κ1) is 26.3. The Morgan fingerprint density at radius 1 is 0.500 bits per heavy atom. The molecular formula is C26H18F6N2O4. The Kier molecular flexibility index (Phi) is 6.66. The highest BCUT2D eigenvalue weighted by Crippen LogP contribution is 2.46. The number of anilines is 2. The van der Waals surface area contributed by atoms with Crippen molar-refractivity contribution in [2.75, 3.05) is 11.5 Å². The van der Waals surface area contributed by atoms with Gasteiger partial charge < -0.3 is 31.2 Å². The molecule has 198 valence electrons. The van der Waals surface area contributed by atoms with Crippen molar-refractivity contribution in [3.8, 4) is 45.6 Å². The number of ether oxygens (including phenoxy) is 2. The second-order valence-corrected chi connectivity index (χ2v) is 8.06. The molecule has 0 spiro atoms. The zero-order valence-corrected chi connectivity index (χ0v) is 19.1. The smallest absolute Gasteiger partial charge is 0.417 e. The highest BCUT2D eigenvalue weighted by molar-refractivity contribution is 5.74.